The third-order valence-electron chi connectivity index (χ3n) is 5.37. The van der Waals surface area contributed by atoms with Gasteiger partial charge in [-0.2, -0.15) is 0 Å². The van der Waals surface area contributed by atoms with Crippen LogP contribution in [0.15, 0.2) is 78.0 Å². The Hall–Kier alpha value is -4.31. The van der Waals surface area contributed by atoms with Crippen molar-refractivity contribution < 1.29 is 19.1 Å². The van der Waals surface area contributed by atoms with Crippen LogP contribution in [0, 0.1) is 0 Å². The molecule has 190 valence electrons. The molecule has 0 aliphatic heterocycles. The fraction of sp³-hybridized carbons (Fsp3) is 0.185. The summed E-state index contributed by atoms with van der Waals surface area (Å²) < 4.78 is 12.5. The van der Waals surface area contributed by atoms with E-state index in [0.29, 0.717) is 40.3 Å². The van der Waals surface area contributed by atoms with Crippen molar-refractivity contribution in [3.05, 3.63) is 78.4 Å². The molecule has 10 heteroatoms. The average molecular weight is 518 g/mol. The van der Waals surface area contributed by atoms with Crippen molar-refractivity contribution in [3.8, 4) is 22.9 Å². The number of rotatable bonds is 10. The molecule has 3 aromatic carbocycles. The minimum atomic E-state index is -0.258. The highest BCUT2D eigenvalue weighted by Gasteiger charge is 2.15. The quantitative estimate of drug-likeness (QED) is 0.289. The van der Waals surface area contributed by atoms with E-state index in [2.05, 4.69) is 20.8 Å². The number of hydrogen-bond donors (Lipinski definition) is 2. The van der Waals surface area contributed by atoms with Crippen LogP contribution >= 0.6 is 11.8 Å². The van der Waals surface area contributed by atoms with Crippen molar-refractivity contribution in [1.29, 1.82) is 0 Å². The number of benzene rings is 3. The maximum atomic E-state index is 12.6. The standard InChI is InChI=1S/C27H27N5O4S/c1-4-36-21-15-13-19(14-16-21)28-24(33)17-37-27-31-30-25(32(27)2)18-9-11-20(12-10-18)29-26(34)22-7-5-6-8-23(22)35-3/h5-16H,4,17H2,1-3H3,(H,28,33)(H,29,34). The van der Waals surface area contributed by atoms with Crippen LogP contribution < -0.4 is 20.1 Å². The van der Waals surface area contributed by atoms with Gasteiger partial charge in [0, 0.05) is 24.0 Å². The lowest BCUT2D eigenvalue weighted by Gasteiger charge is -2.10. The van der Waals surface area contributed by atoms with Crippen LogP contribution in [0.1, 0.15) is 17.3 Å². The Morgan fingerprint density at radius 2 is 1.59 bits per heavy atom. The number of nitrogens with one attached hydrogen (secondary N) is 2. The molecule has 0 fully saturated rings. The van der Waals surface area contributed by atoms with Gasteiger partial charge in [-0.1, -0.05) is 23.9 Å². The van der Waals surface area contributed by atoms with E-state index in [0.717, 1.165) is 11.3 Å². The van der Waals surface area contributed by atoms with Crippen molar-refractivity contribution >= 4 is 35.0 Å². The Morgan fingerprint density at radius 1 is 0.919 bits per heavy atom. The molecule has 0 radical (unpaired) electrons. The minimum Gasteiger partial charge on any atom is -0.496 e. The van der Waals surface area contributed by atoms with E-state index in [4.69, 9.17) is 9.47 Å². The summed E-state index contributed by atoms with van der Waals surface area (Å²) in [6.45, 7) is 2.51. The lowest BCUT2D eigenvalue weighted by Crippen LogP contribution is -2.14. The molecular formula is C27H27N5O4S. The van der Waals surface area contributed by atoms with Crippen LogP contribution in [-0.4, -0.2) is 46.0 Å². The van der Waals surface area contributed by atoms with E-state index in [1.807, 2.05) is 48.9 Å². The zero-order valence-electron chi connectivity index (χ0n) is 20.7. The molecule has 0 spiro atoms. The highest BCUT2D eigenvalue weighted by atomic mass is 32.2. The molecule has 1 heterocycles. The molecule has 4 aromatic rings. The van der Waals surface area contributed by atoms with Gasteiger partial charge in [-0.25, -0.2) is 0 Å². The Kier molecular flexibility index (Phi) is 8.42. The third-order valence-corrected chi connectivity index (χ3v) is 6.39. The first kappa shape index (κ1) is 25.8. The Bertz CT molecular complexity index is 1370. The number of nitrogens with zero attached hydrogens (tertiary/aromatic N) is 3. The van der Waals surface area contributed by atoms with E-state index in [9.17, 15) is 9.59 Å². The van der Waals surface area contributed by atoms with E-state index >= 15 is 0 Å². The van der Waals surface area contributed by atoms with E-state index < -0.39 is 0 Å². The Balaban J connectivity index is 1.34. The SMILES string of the molecule is CCOc1ccc(NC(=O)CSc2nnc(-c3ccc(NC(=O)c4ccccc4OC)cc3)n2C)cc1. The molecule has 2 amide bonds. The average Bonchev–Trinajstić information content (AvgIpc) is 3.29. The minimum absolute atomic E-state index is 0.145. The summed E-state index contributed by atoms with van der Waals surface area (Å²) in [5.41, 5.74) is 2.62. The van der Waals surface area contributed by atoms with Gasteiger partial charge in [0.2, 0.25) is 5.91 Å². The van der Waals surface area contributed by atoms with E-state index in [1.54, 1.807) is 42.5 Å². The van der Waals surface area contributed by atoms with Gasteiger partial charge in [-0.15, -0.1) is 10.2 Å². The Labute approximate surface area is 219 Å². The predicted molar refractivity (Wildman–Crippen MR) is 144 cm³/mol. The first-order valence-corrected chi connectivity index (χ1v) is 12.6. The van der Waals surface area contributed by atoms with Crippen LogP contribution in [0.25, 0.3) is 11.4 Å². The molecule has 0 aliphatic carbocycles. The van der Waals surface area contributed by atoms with Crippen molar-refractivity contribution in [3.63, 3.8) is 0 Å². The second-order valence-corrected chi connectivity index (χ2v) is 8.83. The van der Waals surface area contributed by atoms with Gasteiger partial charge in [-0.05, 0) is 67.6 Å². The molecule has 0 unspecified atom stereocenters. The number of methoxy groups -OCH3 is 1. The lowest BCUT2D eigenvalue weighted by atomic mass is 10.1. The molecule has 0 saturated carbocycles. The summed E-state index contributed by atoms with van der Waals surface area (Å²) in [5.74, 6) is 1.70. The lowest BCUT2D eigenvalue weighted by molar-refractivity contribution is -0.113. The van der Waals surface area contributed by atoms with Gasteiger partial charge >= 0.3 is 0 Å². The third kappa shape index (κ3) is 6.47. The van der Waals surface area contributed by atoms with Gasteiger partial charge in [0.25, 0.3) is 5.91 Å². The maximum absolute atomic E-state index is 12.6. The number of ether oxygens (including phenoxy) is 2. The van der Waals surface area contributed by atoms with Gasteiger partial charge < -0.3 is 24.7 Å². The maximum Gasteiger partial charge on any atom is 0.259 e. The number of para-hydroxylation sites is 1. The van der Waals surface area contributed by atoms with Crippen molar-refractivity contribution in [2.45, 2.75) is 12.1 Å². The molecule has 0 saturated heterocycles. The van der Waals surface area contributed by atoms with Gasteiger partial charge in [-0.3, -0.25) is 9.59 Å². The number of anilines is 2. The largest absolute Gasteiger partial charge is 0.496 e. The van der Waals surface area contributed by atoms with Crippen LogP contribution in [0.4, 0.5) is 11.4 Å². The van der Waals surface area contributed by atoms with Gasteiger partial charge in [0.05, 0.1) is 25.0 Å². The summed E-state index contributed by atoms with van der Waals surface area (Å²) in [7, 11) is 3.38. The molecule has 0 aliphatic rings. The van der Waals surface area contributed by atoms with Crippen LogP contribution in [0.3, 0.4) is 0 Å². The highest BCUT2D eigenvalue weighted by molar-refractivity contribution is 7.99. The van der Waals surface area contributed by atoms with Gasteiger partial charge in [0.1, 0.15) is 11.5 Å². The first-order valence-electron chi connectivity index (χ1n) is 11.6. The summed E-state index contributed by atoms with van der Waals surface area (Å²) in [6, 6.07) is 21.6. The summed E-state index contributed by atoms with van der Waals surface area (Å²) in [6.07, 6.45) is 0. The molecule has 4 rings (SSSR count). The summed E-state index contributed by atoms with van der Waals surface area (Å²) >= 11 is 1.30. The number of carbonyl (C=O) groups excluding carboxylic acids is 2. The number of thioether (sulfide) groups is 1. The molecule has 2 N–H and O–H groups in total. The van der Waals surface area contributed by atoms with Crippen LogP contribution in [0.5, 0.6) is 11.5 Å². The Morgan fingerprint density at radius 3 is 2.30 bits per heavy atom. The molecule has 0 atom stereocenters. The second-order valence-electron chi connectivity index (χ2n) is 7.89. The van der Waals surface area contributed by atoms with Crippen LogP contribution in [-0.2, 0) is 11.8 Å². The fourth-order valence-electron chi connectivity index (χ4n) is 3.55. The predicted octanol–water partition coefficient (Wildman–Crippen LogP) is 4.87. The van der Waals surface area contributed by atoms with Crippen LogP contribution in [0.2, 0.25) is 0 Å². The smallest absolute Gasteiger partial charge is 0.259 e. The zero-order chi connectivity index (χ0) is 26.2. The van der Waals surface area contributed by atoms with Crippen molar-refractivity contribution in [2.24, 2.45) is 7.05 Å². The molecular weight excluding hydrogens is 490 g/mol. The monoisotopic (exact) mass is 517 g/mol. The summed E-state index contributed by atoms with van der Waals surface area (Å²) in [4.78, 5) is 25.0. The molecule has 9 nitrogen and oxygen atoms in total. The van der Waals surface area contributed by atoms with Crippen molar-refractivity contribution in [2.75, 3.05) is 30.1 Å². The summed E-state index contributed by atoms with van der Waals surface area (Å²) in [5, 5.41) is 14.9. The molecule has 1 aromatic heterocycles. The zero-order valence-corrected chi connectivity index (χ0v) is 21.5. The topological polar surface area (TPSA) is 107 Å². The highest BCUT2D eigenvalue weighted by Crippen LogP contribution is 2.25. The van der Waals surface area contributed by atoms with E-state index in [-0.39, 0.29) is 17.6 Å². The number of hydrogen-bond acceptors (Lipinski definition) is 7. The number of carbonyl (C=O) groups is 2. The normalized spacial score (nSPS) is 10.6. The first-order chi connectivity index (χ1) is 18.0. The number of amides is 2. The van der Waals surface area contributed by atoms with Crippen molar-refractivity contribution in [1.82, 2.24) is 14.8 Å². The van der Waals surface area contributed by atoms with E-state index in [1.165, 1.54) is 18.9 Å². The number of aromatic nitrogens is 3. The second kappa shape index (κ2) is 12.1. The molecule has 0 bridgehead atoms. The fourth-order valence-corrected chi connectivity index (χ4v) is 4.26. The molecule has 37 heavy (non-hydrogen) atoms. The van der Waals surface area contributed by atoms with Gasteiger partial charge in [0.15, 0.2) is 11.0 Å².